The third-order valence-corrected chi connectivity index (χ3v) is 3.12. The number of rotatable bonds is 4. The van der Waals surface area contributed by atoms with Gasteiger partial charge in [0.15, 0.2) is 0 Å². The van der Waals surface area contributed by atoms with Gasteiger partial charge < -0.3 is 4.42 Å². The second kappa shape index (κ2) is 5.36. The minimum absolute atomic E-state index is 0.508. The van der Waals surface area contributed by atoms with E-state index in [1.165, 1.54) is 0 Å². The van der Waals surface area contributed by atoms with Gasteiger partial charge in [-0.2, -0.15) is 0 Å². The highest BCUT2D eigenvalue weighted by Crippen LogP contribution is 2.25. The van der Waals surface area contributed by atoms with Gasteiger partial charge in [-0.3, -0.25) is 4.98 Å². The molecule has 0 saturated heterocycles. The topological polar surface area (TPSA) is 51.8 Å². The van der Waals surface area contributed by atoms with Crippen LogP contribution in [0.15, 0.2) is 40.9 Å². The van der Waals surface area contributed by atoms with Crippen molar-refractivity contribution in [2.45, 2.75) is 12.8 Å². The van der Waals surface area contributed by atoms with E-state index in [1.54, 1.807) is 6.20 Å². The third kappa shape index (κ3) is 2.44. The number of fused-ring (bicyclic) bond motifs is 1. The molecule has 0 N–H and O–H groups in total. The van der Waals surface area contributed by atoms with Crippen LogP contribution in [0.3, 0.4) is 0 Å². The second-order valence-electron chi connectivity index (χ2n) is 4.17. The first-order valence-electron chi connectivity index (χ1n) is 6.11. The first kappa shape index (κ1) is 12.1. The number of alkyl halides is 1. The van der Waals surface area contributed by atoms with Gasteiger partial charge in [-0.15, -0.1) is 21.8 Å². The molecule has 0 aliphatic heterocycles. The molecule has 4 nitrogen and oxygen atoms in total. The smallest absolute Gasteiger partial charge is 0.249 e. The quantitative estimate of drug-likeness (QED) is 0.683. The van der Waals surface area contributed by atoms with Crippen molar-refractivity contribution in [3.63, 3.8) is 0 Å². The highest BCUT2D eigenvalue weighted by molar-refractivity contribution is 6.17. The molecule has 2 aromatic heterocycles. The number of halogens is 1. The van der Waals surface area contributed by atoms with Crippen LogP contribution in [0.4, 0.5) is 0 Å². The first-order chi connectivity index (χ1) is 9.38. The van der Waals surface area contributed by atoms with Crippen molar-refractivity contribution in [2.24, 2.45) is 0 Å². The van der Waals surface area contributed by atoms with Crippen LogP contribution >= 0.6 is 11.6 Å². The molecule has 0 aliphatic rings. The molecule has 0 atom stereocenters. The Morgan fingerprint density at radius 2 is 2.00 bits per heavy atom. The van der Waals surface area contributed by atoms with E-state index >= 15 is 0 Å². The second-order valence-corrected chi connectivity index (χ2v) is 4.55. The van der Waals surface area contributed by atoms with Crippen LogP contribution in [0, 0.1) is 0 Å². The summed E-state index contributed by atoms with van der Waals surface area (Å²) >= 11 is 5.65. The number of hydrogen-bond acceptors (Lipinski definition) is 4. The predicted octanol–water partition coefficient (Wildman–Crippen LogP) is 3.46. The maximum Gasteiger partial charge on any atom is 0.249 e. The highest BCUT2D eigenvalue weighted by atomic mass is 35.5. The van der Waals surface area contributed by atoms with E-state index in [0.29, 0.717) is 24.1 Å². The lowest BCUT2D eigenvalue weighted by Gasteiger charge is -2.00. The first-order valence-corrected chi connectivity index (χ1v) is 6.64. The van der Waals surface area contributed by atoms with Gasteiger partial charge in [-0.1, -0.05) is 18.2 Å². The summed E-state index contributed by atoms with van der Waals surface area (Å²) < 4.78 is 5.66. The van der Waals surface area contributed by atoms with Crippen LogP contribution in [-0.4, -0.2) is 21.1 Å². The lowest BCUT2D eigenvalue weighted by atomic mass is 10.1. The third-order valence-electron chi connectivity index (χ3n) is 2.85. The summed E-state index contributed by atoms with van der Waals surface area (Å²) in [4.78, 5) is 4.38. The fourth-order valence-corrected chi connectivity index (χ4v) is 2.09. The standard InChI is InChI=1S/C14H12ClN3O/c15-8-2-7-12-17-18-14(19-12)11-6-1-4-10-5-3-9-16-13(10)11/h1,3-6,9H,2,7-8H2. The van der Waals surface area contributed by atoms with Crippen molar-refractivity contribution < 1.29 is 4.42 Å². The Morgan fingerprint density at radius 1 is 1.11 bits per heavy atom. The maximum absolute atomic E-state index is 5.66. The van der Waals surface area contributed by atoms with Gasteiger partial charge >= 0.3 is 0 Å². The largest absolute Gasteiger partial charge is 0.421 e. The molecule has 1 aromatic carbocycles. The maximum atomic E-state index is 5.66. The summed E-state index contributed by atoms with van der Waals surface area (Å²) in [5.74, 6) is 1.71. The van der Waals surface area contributed by atoms with Crippen LogP contribution in [0.1, 0.15) is 12.3 Å². The monoisotopic (exact) mass is 273 g/mol. The van der Waals surface area contributed by atoms with Crippen molar-refractivity contribution >= 4 is 22.5 Å². The minimum Gasteiger partial charge on any atom is -0.421 e. The highest BCUT2D eigenvalue weighted by Gasteiger charge is 2.11. The Kier molecular flexibility index (Phi) is 3.42. The van der Waals surface area contributed by atoms with Gasteiger partial charge in [0.25, 0.3) is 0 Å². The lowest BCUT2D eigenvalue weighted by molar-refractivity contribution is 0.503. The molecule has 5 heteroatoms. The van der Waals surface area contributed by atoms with Crippen molar-refractivity contribution in [3.8, 4) is 11.5 Å². The number of aryl methyl sites for hydroxylation is 1. The van der Waals surface area contributed by atoms with Gasteiger partial charge in [0, 0.05) is 23.9 Å². The number of para-hydroxylation sites is 1. The number of hydrogen-bond donors (Lipinski definition) is 0. The Bertz CT molecular complexity index is 690. The van der Waals surface area contributed by atoms with Gasteiger partial charge in [-0.05, 0) is 18.6 Å². The SMILES string of the molecule is ClCCCc1nnc(-c2cccc3cccnc23)o1. The van der Waals surface area contributed by atoms with Gasteiger partial charge in [0.05, 0.1) is 11.1 Å². The van der Waals surface area contributed by atoms with E-state index in [2.05, 4.69) is 15.2 Å². The molecule has 0 bridgehead atoms. The average Bonchev–Trinajstić information content (AvgIpc) is 2.93. The molecule has 3 rings (SSSR count). The van der Waals surface area contributed by atoms with Gasteiger partial charge in [-0.25, -0.2) is 0 Å². The van der Waals surface area contributed by atoms with E-state index in [4.69, 9.17) is 16.0 Å². The van der Waals surface area contributed by atoms with Crippen LogP contribution < -0.4 is 0 Å². The van der Waals surface area contributed by atoms with Crippen LogP contribution in [0.25, 0.3) is 22.4 Å². The summed E-state index contributed by atoms with van der Waals surface area (Å²) in [5, 5.41) is 9.18. The lowest BCUT2D eigenvalue weighted by Crippen LogP contribution is -1.85. The minimum atomic E-state index is 0.508. The van der Waals surface area contributed by atoms with Crippen molar-refractivity contribution in [1.29, 1.82) is 0 Å². The zero-order chi connectivity index (χ0) is 13.1. The van der Waals surface area contributed by atoms with Crippen LogP contribution in [0.2, 0.25) is 0 Å². The average molecular weight is 274 g/mol. The molecule has 0 spiro atoms. The fraction of sp³-hybridized carbons (Fsp3) is 0.214. The summed E-state index contributed by atoms with van der Waals surface area (Å²) in [6.07, 6.45) is 3.29. The number of benzene rings is 1. The normalized spacial score (nSPS) is 11.0. The number of nitrogens with zero attached hydrogens (tertiary/aromatic N) is 3. The Hall–Kier alpha value is -1.94. The molecule has 19 heavy (non-hydrogen) atoms. The zero-order valence-corrected chi connectivity index (χ0v) is 11.0. The van der Waals surface area contributed by atoms with E-state index in [9.17, 15) is 0 Å². The Labute approximate surface area is 115 Å². The van der Waals surface area contributed by atoms with Gasteiger partial charge in [0.1, 0.15) is 0 Å². The Morgan fingerprint density at radius 3 is 2.89 bits per heavy atom. The van der Waals surface area contributed by atoms with Crippen molar-refractivity contribution in [1.82, 2.24) is 15.2 Å². The molecule has 2 heterocycles. The molecule has 3 aromatic rings. The molecule has 0 radical (unpaired) electrons. The van der Waals surface area contributed by atoms with E-state index in [-0.39, 0.29) is 0 Å². The molecule has 96 valence electrons. The van der Waals surface area contributed by atoms with Crippen LogP contribution in [0.5, 0.6) is 0 Å². The summed E-state index contributed by atoms with van der Waals surface area (Å²) in [5.41, 5.74) is 1.74. The Balaban J connectivity index is 2.02. The molecule has 0 fully saturated rings. The molecule has 0 amide bonds. The van der Waals surface area contributed by atoms with Crippen molar-refractivity contribution in [3.05, 3.63) is 42.4 Å². The van der Waals surface area contributed by atoms with Gasteiger partial charge in [0.2, 0.25) is 11.8 Å². The molecular formula is C14H12ClN3O. The van der Waals surface area contributed by atoms with Crippen LogP contribution in [-0.2, 0) is 6.42 Å². The van der Waals surface area contributed by atoms with E-state index in [0.717, 1.165) is 22.9 Å². The van der Waals surface area contributed by atoms with Crippen molar-refractivity contribution in [2.75, 3.05) is 5.88 Å². The fourth-order valence-electron chi connectivity index (χ4n) is 1.96. The zero-order valence-electron chi connectivity index (χ0n) is 10.2. The summed E-state index contributed by atoms with van der Waals surface area (Å²) in [6.45, 7) is 0. The van der Waals surface area contributed by atoms with E-state index in [1.807, 2.05) is 30.3 Å². The molecule has 0 unspecified atom stereocenters. The molecule has 0 saturated carbocycles. The molecular weight excluding hydrogens is 262 g/mol. The summed E-state index contributed by atoms with van der Waals surface area (Å²) in [7, 11) is 0. The number of aromatic nitrogens is 3. The predicted molar refractivity (Wildman–Crippen MR) is 74.1 cm³/mol. The summed E-state index contributed by atoms with van der Waals surface area (Å²) in [6, 6.07) is 9.83. The van der Waals surface area contributed by atoms with E-state index < -0.39 is 0 Å². The number of pyridine rings is 1. The molecule has 0 aliphatic carbocycles.